The van der Waals surface area contributed by atoms with E-state index in [0.717, 1.165) is 0 Å². The van der Waals surface area contributed by atoms with Gasteiger partial charge in [-0.3, -0.25) is 0 Å². The molecule has 0 bridgehead atoms. The number of rotatable bonds is 0. The number of halogens is 1. The lowest BCUT2D eigenvalue weighted by atomic mass is 10.9. The van der Waals surface area contributed by atoms with Crippen LogP contribution in [0, 0.1) is 0 Å². The van der Waals surface area contributed by atoms with Gasteiger partial charge in [0.25, 0.3) is 0 Å². The van der Waals surface area contributed by atoms with Crippen LogP contribution in [0.4, 0.5) is 4.39 Å². The lowest BCUT2D eigenvalue weighted by molar-refractivity contribution is 0.441. The van der Waals surface area contributed by atoms with Crippen molar-refractivity contribution in [3.63, 3.8) is 0 Å². The molecule has 1 rings (SSSR count). The molecule has 0 aromatic heterocycles. The molecule has 30 valence electrons. The summed E-state index contributed by atoms with van der Waals surface area (Å²) in [5.74, 6) is 0. The minimum atomic E-state index is -1.06. The summed E-state index contributed by atoms with van der Waals surface area (Å²) in [6, 6.07) is 0. The second-order valence-electron chi connectivity index (χ2n) is 1.42. The maximum absolute atomic E-state index is 11.7. The van der Waals surface area contributed by atoms with Crippen molar-refractivity contribution in [1.82, 2.24) is 0 Å². The van der Waals surface area contributed by atoms with Gasteiger partial charge in [-0.1, -0.05) is 0 Å². The van der Waals surface area contributed by atoms with Crippen LogP contribution in [0.25, 0.3) is 0 Å². The van der Waals surface area contributed by atoms with E-state index in [9.17, 15) is 4.39 Å². The third-order valence-electron chi connectivity index (χ3n) is 0.663. The smallest absolute Gasteiger partial charge is 0.153 e. The van der Waals surface area contributed by atoms with Crippen molar-refractivity contribution < 1.29 is 4.39 Å². The first-order valence-electron chi connectivity index (χ1n) is 1.62. The normalized spacial score (nSPS) is 30.0. The Bertz CT molecular complexity index is 44.9. The fourth-order valence-electron chi connectivity index (χ4n) is 0.103. The average molecular weight is 92.1 g/mol. The monoisotopic (exact) mass is 92.0 g/mol. The summed E-state index contributed by atoms with van der Waals surface area (Å²) in [6.45, 7) is 0. The van der Waals surface area contributed by atoms with E-state index in [1.54, 1.807) is 0 Å². The van der Waals surface area contributed by atoms with Crippen LogP contribution in [-0.4, -0.2) is 5.00 Å². The highest BCUT2D eigenvalue weighted by Gasteiger charge is 2.38. The van der Waals surface area contributed by atoms with Gasteiger partial charge in [-0.2, -0.15) is 0 Å². The summed E-state index contributed by atoms with van der Waals surface area (Å²) in [6.07, 6.45) is 1.30. The second-order valence-corrected chi connectivity index (χ2v) is 2.22. The molecule has 0 saturated heterocycles. The first-order valence-corrected chi connectivity index (χ1v) is 2.07. The van der Waals surface area contributed by atoms with E-state index in [4.69, 9.17) is 0 Å². The maximum Gasteiger partial charge on any atom is 0.153 e. The Morgan fingerprint density at radius 2 is 1.80 bits per heavy atom. The molecule has 0 radical (unpaired) electrons. The van der Waals surface area contributed by atoms with Crippen molar-refractivity contribution in [1.29, 1.82) is 0 Å². The van der Waals surface area contributed by atoms with Crippen molar-refractivity contribution in [3.05, 3.63) is 0 Å². The van der Waals surface area contributed by atoms with Crippen LogP contribution in [0.3, 0.4) is 0 Å². The SMILES string of the molecule is FC1(S)CC1. The van der Waals surface area contributed by atoms with Crippen molar-refractivity contribution in [2.24, 2.45) is 0 Å². The van der Waals surface area contributed by atoms with Crippen molar-refractivity contribution in [2.45, 2.75) is 17.8 Å². The Labute approximate surface area is 35.8 Å². The number of hydrogen-bond acceptors (Lipinski definition) is 1. The average Bonchev–Trinajstić information content (AvgIpc) is 1.76. The summed E-state index contributed by atoms with van der Waals surface area (Å²) in [5, 5.41) is -1.06. The molecule has 0 N–H and O–H groups in total. The van der Waals surface area contributed by atoms with E-state index in [2.05, 4.69) is 12.6 Å². The quantitative estimate of drug-likeness (QED) is 0.429. The molecule has 0 aromatic rings. The molecular formula is C3H5FS. The molecule has 0 unspecified atom stereocenters. The van der Waals surface area contributed by atoms with Gasteiger partial charge in [0.1, 0.15) is 0 Å². The molecule has 2 heteroatoms. The molecule has 0 aliphatic heterocycles. The zero-order valence-electron chi connectivity index (χ0n) is 2.74. The Hall–Kier alpha value is 0.280. The van der Waals surface area contributed by atoms with Gasteiger partial charge in [-0.25, -0.2) is 4.39 Å². The largest absolute Gasteiger partial charge is 0.232 e. The Morgan fingerprint density at radius 1 is 1.60 bits per heavy atom. The van der Waals surface area contributed by atoms with E-state index >= 15 is 0 Å². The molecule has 0 atom stereocenters. The third kappa shape index (κ3) is 0.798. The van der Waals surface area contributed by atoms with E-state index < -0.39 is 5.00 Å². The van der Waals surface area contributed by atoms with Crippen LogP contribution in [0.5, 0.6) is 0 Å². The van der Waals surface area contributed by atoms with Gasteiger partial charge < -0.3 is 0 Å². The summed E-state index contributed by atoms with van der Waals surface area (Å²) >= 11 is 3.57. The lowest BCUT2D eigenvalue weighted by Gasteiger charge is -1.80. The van der Waals surface area contributed by atoms with Gasteiger partial charge in [-0.15, -0.1) is 12.6 Å². The summed E-state index contributed by atoms with van der Waals surface area (Å²) in [7, 11) is 0. The molecule has 1 aliphatic carbocycles. The fraction of sp³-hybridized carbons (Fsp3) is 1.00. The minimum absolute atomic E-state index is 0.649. The summed E-state index contributed by atoms with van der Waals surface area (Å²) in [4.78, 5) is 0. The van der Waals surface area contributed by atoms with Gasteiger partial charge in [-0.05, 0) is 12.8 Å². The highest BCUT2D eigenvalue weighted by molar-refractivity contribution is 7.81. The van der Waals surface area contributed by atoms with Gasteiger partial charge in [0.05, 0.1) is 0 Å². The van der Waals surface area contributed by atoms with Gasteiger partial charge >= 0.3 is 0 Å². The first kappa shape index (κ1) is 3.47. The summed E-state index contributed by atoms with van der Waals surface area (Å²) in [5.41, 5.74) is 0. The molecule has 0 amide bonds. The van der Waals surface area contributed by atoms with E-state index in [0.29, 0.717) is 12.8 Å². The first-order chi connectivity index (χ1) is 2.21. The topological polar surface area (TPSA) is 0 Å². The molecule has 1 aliphatic rings. The molecule has 0 aromatic carbocycles. The predicted octanol–water partition coefficient (Wildman–Crippen LogP) is 1.38. The number of thiol groups is 1. The van der Waals surface area contributed by atoms with E-state index in [1.165, 1.54) is 0 Å². The summed E-state index contributed by atoms with van der Waals surface area (Å²) < 4.78 is 11.7. The fourth-order valence-corrected chi connectivity index (χ4v) is 0.215. The molecule has 5 heavy (non-hydrogen) atoms. The third-order valence-corrected chi connectivity index (χ3v) is 1.11. The number of alkyl halides is 1. The minimum Gasteiger partial charge on any atom is -0.232 e. The van der Waals surface area contributed by atoms with Crippen LogP contribution in [0.1, 0.15) is 12.8 Å². The molecule has 0 heterocycles. The molecule has 0 spiro atoms. The van der Waals surface area contributed by atoms with Crippen LogP contribution in [0.15, 0.2) is 0 Å². The molecular weight excluding hydrogens is 87.1 g/mol. The van der Waals surface area contributed by atoms with Crippen molar-refractivity contribution in [3.8, 4) is 0 Å². The van der Waals surface area contributed by atoms with Crippen LogP contribution < -0.4 is 0 Å². The Kier molecular flexibility index (Phi) is 0.466. The predicted molar refractivity (Wildman–Crippen MR) is 22.1 cm³/mol. The Balaban J connectivity index is 2.38. The van der Waals surface area contributed by atoms with Crippen LogP contribution in [0.2, 0.25) is 0 Å². The van der Waals surface area contributed by atoms with E-state index in [-0.39, 0.29) is 0 Å². The maximum atomic E-state index is 11.7. The van der Waals surface area contributed by atoms with Crippen molar-refractivity contribution >= 4 is 12.6 Å². The highest BCUT2D eigenvalue weighted by atomic mass is 32.1. The highest BCUT2D eigenvalue weighted by Crippen LogP contribution is 2.42. The molecule has 0 nitrogen and oxygen atoms in total. The van der Waals surface area contributed by atoms with Gasteiger partial charge in [0.2, 0.25) is 0 Å². The second kappa shape index (κ2) is 0.672. The van der Waals surface area contributed by atoms with Crippen LogP contribution >= 0.6 is 12.6 Å². The zero-order chi connectivity index (χ0) is 3.91. The van der Waals surface area contributed by atoms with Gasteiger partial charge in [0.15, 0.2) is 5.00 Å². The zero-order valence-corrected chi connectivity index (χ0v) is 3.63. The standard InChI is InChI=1S/C3H5FS/c4-3(5)1-2-3/h5H,1-2H2. The lowest BCUT2D eigenvalue weighted by Crippen LogP contribution is -1.76. The van der Waals surface area contributed by atoms with Gasteiger partial charge in [0, 0.05) is 0 Å². The number of hydrogen-bond donors (Lipinski definition) is 1. The van der Waals surface area contributed by atoms with Crippen molar-refractivity contribution in [2.75, 3.05) is 0 Å². The van der Waals surface area contributed by atoms with Crippen LogP contribution in [-0.2, 0) is 0 Å². The molecule has 1 saturated carbocycles. The van der Waals surface area contributed by atoms with E-state index in [1.807, 2.05) is 0 Å². The molecule has 1 fully saturated rings. The Morgan fingerprint density at radius 3 is 1.80 bits per heavy atom.